The lowest BCUT2D eigenvalue weighted by Crippen LogP contribution is -2.01. The lowest BCUT2D eigenvalue weighted by Gasteiger charge is -2.02. The summed E-state index contributed by atoms with van der Waals surface area (Å²) >= 11 is 0. The lowest BCUT2D eigenvalue weighted by molar-refractivity contribution is -0.104. The summed E-state index contributed by atoms with van der Waals surface area (Å²) in [6.07, 6.45) is 5.38. The van der Waals surface area contributed by atoms with Gasteiger partial charge in [-0.05, 0) is 36.8 Å². The monoisotopic (exact) mass is 151 g/mol. The Balaban J connectivity index is 2.65. The van der Waals surface area contributed by atoms with Crippen molar-refractivity contribution in [3.8, 4) is 0 Å². The normalized spacial score (nSPS) is 18.1. The summed E-state index contributed by atoms with van der Waals surface area (Å²) in [5.74, 6) is 0.521. The molecule has 11 heavy (non-hydrogen) atoms. The smallest absolute Gasteiger partial charge is 0.143 e. The Morgan fingerprint density at radius 3 is 2.64 bits per heavy atom. The van der Waals surface area contributed by atoms with Crippen molar-refractivity contribution in [3.63, 3.8) is 0 Å². The van der Waals surface area contributed by atoms with Crippen molar-refractivity contribution in [3.05, 3.63) is 11.6 Å². The fourth-order valence-corrected chi connectivity index (χ4v) is 1.15. The molecule has 2 heteroatoms. The van der Waals surface area contributed by atoms with Crippen molar-refractivity contribution in [1.82, 2.24) is 0 Å². The van der Waals surface area contributed by atoms with Crippen molar-refractivity contribution >= 4 is 12.0 Å². The maximum absolute atomic E-state index is 10.2. The van der Waals surface area contributed by atoms with Crippen molar-refractivity contribution in [2.45, 2.75) is 26.2 Å². The number of nitrogens with one attached hydrogen (secondary N) is 1. The van der Waals surface area contributed by atoms with E-state index in [9.17, 15) is 4.79 Å². The van der Waals surface area contributed by atoms with Gasteiger partial charge in [0, 0.05) is 5.71 Å². The second kappa shape index (κ2) is 3.46. The van der Waals surface area contributed by atoms with Gasteiger partial charge in [-0.1, -0.05) is 6.92 Å². The molecule has 1 fully saturated rings. The molecule has 1 saturated carbocycles. The van der Waals surface area contributed by atoms with Gasteiger partial charge in [0.05, 0.1) is 0 Å². The number of allylic oxidation sites excluding steroid dienone is 2. The van der Waals surface area contributed by atoms with E-state index in [1.807, 2.05) is 6.92 Å². The minimum atomic E-state index is 0.521. The molecule has 1 aliphatic carbocycles. The summed E-state index contributed by atoms with van der Waals surface area (Å²) in [6.45, 7) is 1.95. The molecule has 1 N–H and O–H groups in total. The van der Waals surface area contributed by atoms with Crippen molar-refractivity contribution in [1.29, 1.82) is 5.41 Å². The zero-order valence-electron chi connectivity index (χ0n) is 6.76. The van der Waals surface area contributed by atoms with Crippen LogP contribution in [-0.2, 0) is 4.79 Å². The van der Waals surface area contributed by atoms with Gasteiger partial charge in [0.15, 0.2) is 0 Å². The number of hydrogen-bond acceptors (Lipinski definition) is 2. The summed E-state index contributed by atoms with van der Waals surface area (Å²) in [5.41, 5.74) is 1.59. The van der Waals surface area contributed by atoms with Crippen molar-refractivity contribution in [2.24, 2.45) is 5.92 Å². The average Bonchev–Trinajstić information content (AvgIpc) is 2.81. The third-order valence-corrected chi connectivity index (χ3v) is 1.97. The first kappa shape index (κ1) is 8.18. The topological polar surface area (TPSA) is 40.9 Å². The molecule has 1 aliphatic rings. The Hall–Kier alpha value is -0.920. The van der Waals surface area contributed by atoms with Gasteiger partial charge in [0.1, 0.15) is 6.29 Å². The lowest BCUT2D eigenvalue weighted by atomic mass is 10.0. The number of carbonyl (C=O) groups excluding carboxylic acids is 1. The van der Waals surface area contributed by atoms with Crippen LogP contribution in [0.25, 0.3) is 0 Å². The summed E-state index contributed by atoms with van der Waals surface area (Å²) in [6, 6.07) is 0. The van der Waals surface area contributed by atoms with Crippen molar-refractivity contribution < 1.29 is 4.79 Å². The van der Waals surface area contributed by atoms with Gasteiger partial charge >= 0.3 is 0 Å². The molecule has 0 aliphatic heterocycles. The molecule has 0 atom stereocenters. The predicted molar refractivity (Wildman–Crippen MR) is 44.9 cm³/mol. The fraction of sp³-hybridized carbons (Fsp3) is 0.556. The number of carbonyl (C=O) groups is 1. The molecule has 1 rings (SSSR count). The maximum Gasteiger partial charge on any atom is 0.143 e. The van der Waals surface area contributed by atoms with Crippen LogP contribution in [0.15, 0.2) is 11.6 Å². The Bertz CT molecular complexity index is 202. The van der Waals surface area contributed by atoms with Gasteiger partial charge in [-0.3, -0.25) is 4.79 Å². The van der Waals surface area contributed by atoms with E-state index in [1.165, 1.54) is 0 Å². The molecule has 0 radical (unpaired) electrons. The van der Waals surface area contributed by atoms with Crippen LogP contribution in [0.4, 0.5) is 0 Å². The number of rotatable bonds is 4. The molecule has 0 heterocycles. The van der Waals surface area contributed by atoms with Gasteiger partial charge in [-0.25, -0.2) is 0 Å². The largest absolute Gasteiger partial charge is 0.305 e. The number of hydrogen-bond donors (Lipinski definition) is 1. The molecule has 0 saturated heterocycles. The van der Waals surface area contributed by atoms with E-state index in [0.29, 0.717) is 11.6 Å². The van der Waals surface area contributed by atoms with Gasteiger partial charge in [-0.15, -0.1) is 0 Å². The van der Waals surface area contributed by atoms with Crippen LogP contribution in [0.3, 0.4) is 0 Å². The minimum absolute atomic E-state index is 0.521. The van der Waals surface area contributed by atoms with E-state index < -0.39 is 0 Å². The third-order valence-electron chi connectivity index (χ3n) is 1.97. The van der Waals surface area contributed by atoms with Crippen LogP contribution in [0.5, 0.6) is 0 Å². The molecule has 0 aromatic rings. The van der Waals surface area contributed by atoms with Gasteiger partial charge < -0.3 is 5.41 Å². The standard InChI is InChI=1S/C9H13NO/c1-2-9(10)8(5-6-11)7-3-4-7/h5-7,10H,2-4H2,1H3/b8-5-,10-9?. The molecule has 0 aromatic heterocycles. The van der Waals surface area contributed by atoms with E-state index in [4.69, 9.17) is 5.41 Å². The SMILES string of the molecule is CCC(=N)/C(=C\C=O)C1CC1. The first-order valence-electron chi connectivity index (χ1n) is 4.02. The van der Waals surface area contributed by atoms with E-state index in [1.54, 1.807) is 6.08 Å². The van der Waals surface area contributed by atoms with Crippen LogP contribution in [0.2, 0.25) is 0 Å². The first-order valence-corrected chi connectivity index (χ1v) is 4.02. The Labute approximate surface area is 66.8 Å². The number of aldehydes is 1. The third kappa shape index (κ3) is 2.00. The molecule has 0 bridgehead atoms. The second-order valence-corrected chi connectivity index (χ2v) is 2.86. The predicted octanol–water partition coefficient (Wildman–Crippen LogP) is 1.95. The molecular weight excluding hydrogens is 138 g/mol. The molecule has 0 unspecified atom stereocenters. The van der Waals surface area contributed by atoms with Crippen molar-refractivity contribution in [2.75, 3.05) is 0 Å². The minimum Gasteiger partial charge on any atom is -0.305 e. The molecule has 2 nitrogen and oxygen atoms in total. The van der Waals surface area contributed by atoms with Crippen LogP contribution in [0.1, 0.15) is 26.2 Å². The summed E-state index contributed by atoms with van der Waals surface area (Å²) in [7, 11) is 0. The fourth-order valence-electron chi connectivity index (χ4n) is 1.15. The Morgan fingerprint density at radius 1 is 1.64 bits per heavy atom. The van der Waals surface area contributed by atoms with Gasteiger partial charge in [0.25, 0.3) is 0 Å². The Morgan fingerprint density at radius 2 is 2.27 bits per heavy atom. The van der Waals surface area contributed by atoms with Crippen LogP contribution < -0.4 is 0 Å². The van der Waals surface area contributed by atoms with E-state index in [2.05, 4.69) is 0 Å². The van der Waals surface area contributed by atoms with E-state index in [0.717, 1.165) is 31.1 Å². The first-order chi connectivity index (χ1) is 5.29. The maximum atomic E-state index is 10.2. The summed E-state index contributed by atoms with van der Waals surface area (Å²) < 4.78 is 0. The van der Waals surface area contributed by atoms with Gasteiger partial charge in [-0.2, -0.15) is 0 Å². The van der Waals surface area contributed by atoms with Crippen LogP contribution >= 0.6 is 0 Å². The summed E-state index contributed by atoms with van der Waals surface area (Å²) in [5, 5.41) is 7.54. The molecule has 0 amide bonds. The quantitative estimate of drug-likeness (QED) is 0.372. The average molecular weight is 151 g/mol. The Kier molecular flexibility index (Phi) is 2.58. The highest BCUT2D eigenvalue weighted by Crippen LogP contribution is 2.37. The molecule has 0 spiro atoms. The summed E-state index contributed by atoms with van der Waals surface area (Å²) in [4.78, 5) is 10.2. The van der Waals surface area contributed by atoms with Crippen LogP contribution in [-0.4, -0.2) is 12.0 Å². The zero-order valence-corrected chi connectivity index (χ0v) is 6.76. The van der Waals surface area contributed by atoms with E-state index in [-0.39, 0.29) is 0 Å². The molecule has 60 valence electrons. The highest BCUT2D eigenvalue weighted by Gasteiger charge is 2.27. The molecular formula is C9H13NO. The molecule has 0 aromatic carbocycles. The highest BCUT2D eigenvalue weighted by atomic mass is 16.1. The highest BCUT2D eigenvalue weighted by molar-refractivity contribution is 6.00. The van der Waals surface area contributed by atoms with Crippen LogP contribution in [0, 0.1) is 11.3 Å². The second-order valence-electron chi connectivity index (χ2n) is 2.86. The van der Waals surface area contributed by atoms with Gasteiger partial charge in [0.2, 0.25) is 0 Å². The zero-order chi connectivity index (χ0) is 8.27. The van der Waals surface area contributed by atoms with E-state index >= 15 is 0 Å².